The molecule has 0 aliphatic heterocycles. The predicted octanol–water partition coefficient (Wildman–Crippen LogP) is 3.64. The molecule has 0 fully saturated rings. The second kappa shape index (κ2) is 5.66. The van der Waals surface area contributed by atoms with E-state index in [0.29, 0.717) is 0 Å². The van der Waals surface area contributed by atoms with Crippen molar-refractivity contribution >= 4 is 0 Å². The van der Waals surface area contributed by atoms with E-state index in [1.54, 1.807) is 0 Å². The molecule has 0 aromatic heterocycles. The van der Waals surface area contributed by atoms with Gasteiger partial charge < -0.3 is 0 Å². The monoisotopic (exact) mass is 215 g/mol. The van der Waals surface area contributed by atoms with Crippen molar-refractivity contribution in [3.8, 4) is 0 Å². The van der Waals surface area contributed by atoms with Gasteiger partial charge in [0, 0.05) is 18.6 Å². The van der Waals surface area contributed by atoms with Crippen LogP contribution >= 0.6 is 0 Å². The summed E-state index contributed by atoms with van der Waals surface area (Å²) in [5.41, 5.74) is 1.31. The molecule has 0 amide bonds. The highest BCUT2D eigenvalue weighted by Gasteiger charge is 2.21. The highest BCUT2D eigenvalue weighted by molar-refractivity contribution is 5.15. The van der Waals surface area contributed by atoms with Crippen LogP contribution in [0.15, 0.2) is 55.6 Å². The maximum atomic E-state index is 3.90. The van der Waals surface area contributed by atoms with Gasteiger partial charge in [0.05, 0.1) is 0 Å². The molecule has 0 aliphatic rings. The van der Waals surface area contributed by atoms with Crippen LogP contribution in [-0.2, 0) is 6.54 Å². The number of nitrogens with zero attached hydrogens (tertiary/aromatic N) is 1. The molecule has 0 bridgehead atoms. The van der Waals surface area contributed by atoms with E-state index in [4.69, 9.17) is 0 Å². The van der Waals surface area contributed by atoms with Crippen LogP contribution in [0, 0.1) is 0 Å². The Labute approximate surface area is 99.1 Å². The van der Waals surface area contributed by atoms with Crippen molar-refractivity contribution in [3.63, 3.8) is 0 Å². The Bertz CT molecular complexity index is 338. The number of benzene rings is 1. The van der Waals surface area contributed by atoms with Gasteiger partial charge in [0.15, 0.2) is 0 Å². The molecule has 1 aromatic rings. The molecule has 0 saturated heterocycles. The van der Waals surface area contributed by atoms with E-state index in [1.807, 2.05) is 18.2 Å². The smallest absolute Gasteiger partial charge is 0.0339 e. The Balaban J connectivity index is 2.80. The van der Waals surface area contributed by atoms with Crippen molar-refractivity contribution in [1.82, 2.24) is 4.90 Å². The molecule has 1 aromatic carbocycles. The lowest BCUT2D eigenvalue weighted by molar-refractivity contribution is 0.172. The quantitative estimate of drug-likeness (QED) is 0.655. The molecule has 0 atom stereocenters. The second-order valence-electron chi connectivity index (χ2n) is 4.51. The molecule has 0 saturated carbocycles. The molecular formula is C15H21N. The molecule has 1 heteroatoms. The van der Waals surface area contributed by atoms with Crippen LogP contribution in [0.5, 0.6) is 0 Å². The third-order valence-corrected chi connectivity index (χ3v) is 2.88. The molecule has 0 N–H and O–H groups in total. The minimum absolute atomic E-state index is 0.00989. The van der Waals surface area contributed by atoms with Crippen LogP contribution in [-0.4, -0.2) is 17.0 Å². The molecule has 16 heavy (non-hydrogen) atoms. The molecule has 1 rings (SSSR count). The first kappa shape index (κ1) is 12.7. The zero-order valence-corrected chi connectivity index (χ0v) is 10.3. The lowest BCUT2D eigenvalue weighted by Gasteiger charge is -2.35. The fraction of sp³-hybridized carbons (Fsp3) is 0.333. The summed E-state index contributed by atoms with van der Waals surface area (Å²) in [5, 5.41) is 0. The lowest BCUT2D eigenvalue weighted by atomic mass is 10.0. The maximum absolute atomic E-state index is 3.90. The van der Waals surface area contributed by atoms with E-state index in [2.05, 4.69) is 56.2 Å². The highest BCUT2D eigenvalue weighted by atomic mass is 15.2. The second-order valence-corrected chi connectivity index (χ2v) is 4.51. The Hall–Kier alpha value is -1.34. The topological polar surface area (TPSA) is 3.24 Å². The number of hydrogen-bond donors (Lipinski definition) is 0. The zero-order chi connectivity index (χ0) is 12.0. The lowest BCUT2D eigenvalue weighted by Crippen LogP contribution is -2.41. The first-order valence-corrected chi connectivity index (χ1v) is 5.63. The van der Waals surface area contributed by atoms with E-state index in [1.165, 1.54) is 5.56 Å². The highest BCUT2D eigenvalue weighted by Crippen LogP contribution is 2.18. The summed E-state index contributed by atoms with van der Waals surface area (Å²) in [5.74, 6) is 0. The average molecular weight is 215 g/mol. The molecule has 0 aliphatic carbocycles. The van der Waals surface area contributed by atoms with Gasteiger partial charge in [-0.05, 0) is 19.4 Å². The molecule has 1 nitrogen and oxygen atoms in total. The van der Waals surface area contributed by atoms with Crippen molar-refractivity contribution in [1.29, 1.82) is 0 Å². The zero-order valence-electron chi connectivity index (χ0n) is 10.3. The van der Waals surface area contributed by atoms with Crippen molar-refractivity contribution in [3.05, 3.63) is 61.2 Å². The number of rotatable bonds is 6. The third kappa shape index (κ3) is 3.35. The Kier molecular flexibility index (Phi) is 4.51. The largest absolute Gasteiger partial charge is 0.287 e. The minimum Gasteiger partial charge on any atom is -0.287 e. The Morgan fingerprint density at radius 3 is 2.31 bits per heavy atom. The first-order chi connectivity index (χ1) is 7.60. The van der Waals surface area contributed by atoms with Gasteiger partial charge in [-0.25, -0.2) is 0 Å². The SMILES string of the molecule is C=CCN(Cc1ccccc1)C(C)(C)C=C. The summed E-state index contributed by atoms with van der Waals surface area (Å²) in [6.07, 6.45) is 3.92. The maximum Gasteiger partial charge on any atom is 0.0339 e. The molecule has 86 valence electrons. The molecule has 0 heterocycles. The van der Waals surface area contributed by atoms with Gasteiger partial charge >= 0.3 is 0 Å². The normalized spacial score (nSPS) is 11.4. The summed E-state index contributed by atoms with van der Waals surface area (Å²) >= 11 is 0. The third-order valence-electron chi connectivity index (χ3n) is 2.88. The van der Waals surface area contributed by atoms with Gasteiger partial charge in [-0.3, -0.25) is 4.90 Å². The van der Waals surface area contributed by atoms with Gasteiger partial charge in [0.2, 0.25) is 0 Å². The molecule has 0 unspecified atom stereocenters. The molecule has 0 spiro atoms. The van der Waals surface area contributed by atoms with E-state index >= 15 is 0 Å². The van der Waals surface area contributed by atoms with E-state index in [-0.39, 0.29) is 5.54 Å². The van der Waals surface area contributed by atoms with Gasteiger partial charge in [0.25, 0.3) is 0 Å². The fourth-order valence-electron chi connectivity index (χ4n) is 1.59. The van der Waals surface area contributed by atoms with Crippen LogP contribution in [0.3, 0.4) is 0 Å². The van der Waals surface area contributed by atoms with Gasteiger partial charge in [0.1, 0.15) is 0 Å². The van der Waals surface area contributed by atoms with E-state index in [9.17, 15) is 0 Å². The van der Waals surface area contributed by atoms with Crippen molar-refractivity contribution in [2.75, 3.05) is 6.54 Å². The van der Waals surface area contributed by atoms with Crippen LogP contribution in [0.2, 0.25) is 0 Å². The Morgan fingerprint density at radius 1 is 1.19 bits per heavy atom. The summed E-state index contributed by atoms with van der Waals surface area (Å²) in [4.78, 5) is 2.35. The van der Waals surface area contributed by atoms with Crippen molar-refractivity contribution < 1.29 is 0 Å². The fourth-order valence-corrected chi connectivity index (χ4v) is 1.59. The van der Waals surface area contributed by atoms with E-state index in [0.717, 1.165) is 13.1 Å². The summed E-state index contributed by atoms with van der Waals surface area (Å²) in [7, 11) is 0. The van der Waals surface area contributed by atoms with Crippen LogP contribution in [0.1, 0.15) is 19.4 Å². The summed E-state index contributed by atoms with van der Waals surface area (Å²) in [6, 6.07) is 10.5. The van der Waals surface area contributed by atoms with Crippen LogP contribution in [0.25, 0.3) is 0 Å². The van der Waals surface area contributed by atoms with Crippen LogP contribution < -0.4 is 0 Å². The number of hydrogen-bond acceptors (Lipinski definition) is 1. The first-order valence-electron chi connectivity index (χ1n) is 5.63. The molecular weight excluding hydrogens is 194 g/mol. The standard InChI is InChI=1S/C15H21N/c1-5-12-16(15(3,4)6-2)13-14-10-8-7-9-11-14/h5-11H,1-2,12-13H2,3-4H3. The van der Waals surface area contributed by atoms with Gasteiger partial charge in [-0.15, -0.1) is 13.2 Å². The Morgan fingerprint density at radius 2 is 1.81 bits per heavy atom. The average Bonchev–Trinajstić information content (AvgIpc) is 2.30. The van der Waals surface area contributed by atoms with Crippen LogP contribution in [0.4, 0.5) is 0 Å². The van der Waals surface area contributed by atoms with Gasteiger partial charge in [-0.2, -0.15) is 0 Å². The van der Waals surface area contributed by atoms with Gasteiger partial charge in [-0.1, -0.05) is 42.5 Å². The summed E-state index contributed by atoms with van der Waals surface area (Å²) < 4.78 is 0. The minimum atomic E-state index is -0.00989. The van der Waals surface area contributed by atoms with Crippen molar-refractivity contribution in [2.45, 2.75) is 25.9 Å². The summed E-state index contributed by atoms with van der Waals surface area (Å²) in [6.45, 7) is 13.9. The molecule has 0 radical (unpaired) electrons. The van der Waals surface area contributed by atoms with Crippen molar-refractivity contribution in [2.24, 2.45) is 0 Å². The predicted molar refractivity (Wildman–Crippen MR) is 71.3 cm³/mol. The van der Waals surface area contributed by atoms with E-state index < -0.39 is 0 Å².